The van der Waals surface area contributed by atoms with E-state index in [1.165, 1.54) is 0 Å². The summed E-state index contributed by atoms with van der Waals surface area (Å²) in [6, 6.07) is 17.1. The molecule has 6 nitrogen and oxygen atoms in total. The lowest BCUT2D eigenvalue weighted by molar-refractivity contribution is -0.118. The highest BCUT2D eigenvalue weighted by atomic mass is 16.5. The van der Waals surface area contributed by atoms with E-state index in [1.807, 2.05) is 48.6 Å². The van der Waals surface area contributed by atoms with Gasteiger partial charge in [0.15, 0.2) is 11.7 Å². The topological polar surface area (TPSA) is 80.4 Å². The number of hydrogen-bond donors (Lipinski definition) is 1. The van der Waals surface area contributed by atoms with Gasteiger partial charge in [-0.25, -0.2) is 0 Å². The Hall–Kier alpha value is -4.13. The van der Waals surface area contributed by atoms with Gasteiger partial charge in [-0.05, 0) is 60.4 Å². The predicted octanol–water partition coefficient (Wildman–Crippen LogP) is 3.94. The third-order valence-electron chi connectivity index (χ3n) is 7.49. The normalized spacial score (nSPS) is 21.2. The van der Waals surface area contributed by atoms with Crippen LogP contribution < -0.4 is 0 Å². The fourth-order valence-corrected chi connectivity index (χ4v) is 5.35. The van der Waals surface area contributed by atoms with Crippen LogP contribution in [-0.4, -0.2) is 60.9 Å². The maximum Gasteiger partial charge on any atom is 0.193 e. The molecular weight excluding hydrogens is 448 g/mol. The van der Waals surface area contributed by atoms with E-state index < -0.39 is 0 Å². The Bertz CT molecular complexity index is 1230. The summed E-state index contributed by atoms with van der Waals surface area (Å²) in [6.45, 7) is 4.20. The number of carbonyl (C=O) groups excluding carboxylic acids is 1. The van der Waals surface area contributed by atoms with Crippen LogP contribution in [0.3, 0.4) is 0 Å². The number of terminal acetylenes is 1. The smallest absolute Gasteiger partial charge is 0.193 e. The van der Waals surface area contributed by atoms with Crippen molar-refractivity contribution in [2.24, 2.45) is 5.41 Å². The molecule has 1 aliphatic carbocycles. The molecule has 5 rings (SSSR count). The number of nitriles is 1. The van der Waals surface area contributed by atoms with Gasteiger partial charge in [-0.3, -0.25) is 10.2 Å². The average Bonchev–Trinajstić information content (AvgIpc) is 2.95. The first kappa shape index (κ1) is 23.6. The summed E-state index contributed by atoms with van der Waals surface area (Å²) in [4.78, 5) is 17.7. The Morgan fingerprint density at radius 2 is 1.39 bits per heavy atom. The number of piperidine rings is 1. The highest BCUT2D eigenvalue weighted by Gasteiger charge is 2.54. The van der Waals surface area contributed by atoms with Crippen molar-refractivity contribution in [3.05, 3.63) is 81.9 Å². The molecular formula is C30H28N4O2. The number of likely N-dealkylation sites (tertiary alicyclic amines) is 1. The Morgan fingerprint density at radius 3 is 1.89 bits per heavy atom. The Morgan fingerprint density at radius 1 is 0.889 bits per heavy atom. The summed E-state index contributed by atoms with van der Waals surface area (Å²) in [6.07, 6.45) is 11.0. The van der Waals surface area contributed by atoms with Crippen LogP contribution in [0.4, 0.5) is 0 Å². The maximum atomic E-state index is 13.5. The number of guanidine groups is 1. The van der Waals surface area contributed by atoms with E-state index in [1.54, 1.807) is 12.1 Å². The first-order valence-electron chi connectivity index (χ1n) is 12.3. The Labute approximate surface area is 212 Å². The molecule has 0 amide bonds. The van der Waals surface area contributed by atoms with Gasteiger partial charge in [0.1, 0.15) is 0 Å². The average molecular weight is 477 g/mol. The molecule has 0 radical (unpaired) electrons. The van der Waals surface area contributed by atoms with Gasteiger partial charge in [0, 0.05) is 48.3 Å². The van der Waals surface area contributed by atoms with Gasteiger partial charge in [-0.1, -0.05) is 30.2 Å². The largest absolute Gasteiger partial charge is 0.378 e. The van der Waals surface area contributed by atoms with Crippen LogP contribution in [0.1, 0.15) is 35.1 Å². The predicted molar refractivity (Wildman–Crippen MR) is 140 cm³/mol. The van der Waals surface area contributed by atoms with Gasteiger partial charge >= 0.3 is 0 Å². The molecule has 1 spiro atoms. The van der Waals surface area contributed by atoms with Gasteiger partial charge in [0.25, 0.3) is 0 Å². The van der Waals surface area contributed by atoms with Gasteiger partial charge in [0.05, 0.1) is 24.8 Å². The van der Waals surface area contributed by atoms with Crippen molar-refractivity contribution in [2.75, 3.05) is 39.4 Å². The molecule has 180 valence electrons. The lowest BCUT2D eigenvalue weighted by Gasteiger charge is -2.51. The molecule has 6 heteroatoms. The SMILES string of the molecule is C#Cc1ccc(/C=C2/C(=O)/C(=C/c3ccc(C#N)cc3)C23CCN(C(=N)N2CCOCC2)CC3)cc1. The summed E-state index contributed by atoms with van der Waals surface area (Å²) in [7, 11) is 0. The van der Waals surface area contributed by atoms with Crippen molar-refractivity contribution < 1.29 is 9.53 Å². The monoisotopic (exact) mass is 476 g/mol. The molecule has 2 aliphatic heterocycles. The zero-order valence-electron chi connectivity index (χ0n) is 20.2. The number of nitrogens with one attached hydrogen (secondary N) is 1. The zero-order chi connectivity index (χ0) is 25.1. The number of ketones is 1. The Balaban J connectivity index is 1.44. The van der Waals surface area contributed by atoms with Crippen molar-refractivity contribution >= 4 is 23.9 Å². The molecule has 0 aromatic heterocycles. The molecule has 1 saturated carbocycles. The molecule has 0 bridgehead atoms. The van der Waals surface area contributed by atoms with Crippen molar-refractivity contribution in [1.82, 2.24) is 9.80 Å². The molecule has 2 heterocycles. The van der Waals surface area contributed by atoms with Crippen LogP contribution in [0.15, 0.2) is 59.7 Å². The number of rotatable bonds is 2. The molecule has 2 aromatic rings. The van der Waals surface area contributed by atoms with Gasteiger partial charge in [-0.15, -0.1) is 6.42 Å². The summed E-state index contributed by atoms with van der Waals surface area (Å²) in [5.41, 5.74) is 4.57. The van der Waals surface area contributed by atoms with Crippen LogP contribution in [0.25, 0.3) is 12.2 Å². The van der Waals surface area contributed by atoms with Crippen molar-refractivity contribution in [1.29, 1.82) is 10.7 Å². The number of hydrogen-bond acceptors (Lipinski definition) is 4. The maximum absolute atomic E-state index is 13.5. The molecule has 2 saturated heterocycles. The minimum Gasteiger partial charge on any atom is -0.378 e. The fraction of sp³-hybridized carbons (Fsp3) is 0.300. The fourth-order valence-electron chi connectivity index (χ4n) is 5.35. The highest BCUT2D eigenvalue weighted by Crippen LogP contribution is 2.56. The van der Waals surface area contributed by atoms with Crippen LogP contribution in [0.5, 0.6) is 0 Å². The number of nitrogens with zero attached hydrogens (tertiary/aromatic N) is 3. The third kappa shape index (κ3) is 4.33. The molecule has 36 heavy (non-hydrogen) atoms. The second-order valence-electron chi connectivity index (χ2n) is 9.44. The minimum absolute atomic E-state index is 0.0668. The van der Waals surface area contributed by atoms with Crippen molar-refractivity contribution in [2.45, 2.75) is 12.8 Å². The van der Waals surface area contributed by atoms with E-state index in [0.29, 0.717) is 37.8 Å². The summed E-state index contributed by atoms with van der Waals surface area (Å²) < 4.78 is 5.44. The van der Waals surface area contributed by atoms with Gasteiger partial charge < -0.3 is 14.5 Å². The molecule has 3 fully saturated rings. The first-order valence-corrected chi connectivity index (χ1v) is 12.3. The lowest BCUT2D eigenvalue weighted by atomic mass is 9.54. The second-order valence-corrected chi connectivity index (χ2v) is 9.44. The lowest BCUT2D eigenvalue weighted by Crippen LogP contribution is -2.56. The quantitative estimate of drug-likeness (QED) is 0.307. The molecule has 1 N–H and O–H groups in total. The second kappa shape index (κ2) is 9.85. The third-order valence-corrected chi connectivity index (χ3v) is 7.49. The van der Waals surface area contributed by atoms with Crippen LogP contribution in [-0.2, 0) is 9.53 Å². The standard InChI is InChI=1S/C30H28N4O2/c1-2-22-3-5-23(6-4-22)19-26-28(35)27(20-24-7-9-25(21-31)10-8-24)30(26)11-13-33(14-12-30)29(32)34-15-17-36-18-16-34/h1,3-10,19-20,32H,11-18H2/b26-19-,27-20-,32-29?. The van der Waals surface area contributed by atoms with Crippen molar-refractivity contribution in [3.63, 3.8) is 0 Å². The van der Waals surface area contributed by atoms with E-state index in [-0.39, 0.29) is 11.2 Å². The number of ether oxygens (including phenoxy) is 1. The number of allylic oxidation sites excluding steroid dienone is 2. The number of carbonyl (C=O) groups is 1. The van der Waals surface area contributed by atoms with E-state index in [0.717, 1.165) is 53.8 Å². The summed E-state index contributed by atoms with van der Waals surface area (Å²) in [5, 5.41) is 17.8. The zero-order valence-corrected chi connectivity index (χ0v) is 20.2. The Kier molecular flexibility index (Phi) is 6.46. The van der Waals surface area contributed by atoms with E-state index in [2.05, 4.69) is 21.8 Å². The summed E-state index contributed by atoms with van der Waals surface area (Å²) >= 11 is 0. The molecule has 2 aromatic carbocycles. The summed E-state index contributed by atoms with van der Waals surface area (Å²) in [5.74, 6) is 3.25. The van der Waals surface area contributed by atoms with Crippen LogP contribution >= 0.6 is 0 Å². The van der Waals surface area contributed by atoms with Crippen LogP contribution in [0, 0.1) is 34.5 Å². The first-order chi connectivity index (χ1) is 17.5. The van der Waals surface area contributed by atoms with E-state index in [4.69, 9.17) is 21.8 Å². The molecule has 3 aliphatic rings. The van der Waals surface area contributed by atoms with E-state index >= 15 is 0 Å². The number of morpholine rings is 1. The highest BCUT2D eigenvalue weighted by molar-refractivity contribution is 6.23. The minimum atomic E-state index is -0.350. The van der Waals surface area contributed by atoms with Gasteiger partial charge in [0.2, 0.25) is 0 Å². The van der Waals surface area contributed by atoms with E-state index in [9.17, 15) is 4.79 Å². The molecule has 0 unspecified atom stereocenters. The molecule has 0 atom stereocenters. The van der Waals surface area contributed by atoms with Crippen molar-refractivity contribution in [3.8, 4) is 18.4 Å². The number of Topliss-reactive ketones (excluding diaryl/α,β-unsaturated/α-hetero) is 1. The number of benzene rings is 2. The van der Waals surface area contributed by atoms with Gasteiger partial charge in [-0.2, -0.15) is 5.26 Å². The van der Waals surface area contributed by atoms with Crippen LogP contribution in [0.2, 0.25) is 0 Å².